The van der Waals surface area contributed by atoms with Crippen molar-refractivity contribution >= 4 is 21.6 Å². The maximum Gasteiger partial charge on any atom is 0.226 e. The molecule has 0 atom stereocenters. The Morgan fingerprint density at radius 1 is 1.69 bits per heavy atom. The number of nitrogens with zero attached hydrogens (tertiary/aromatic N) is 2. The largest absolute Gasteiger partial charge is 0.337 e. The fourth-order valence-corrected chi connectivity index (χ4v) is 1.44. The highest BCUT2D eigenvalue weighted by Crippen LogP contribution is 1.95. The summed E-state index contributed by atoms with van der Waals surface area (Å²) in [5.74, 6) is 0.647. The van der Waals surface area contributed by atoms with E-state index in [4.69, 9.17) is 11.6 Å². The molecule has 1 aromatic heterocycles. The molecule has 0 saturated carbocycles. The van der Waals surface area contributed by atoms with Gasteiger partial charge >= 0.3 is 0 Å². The number of hydrogen-bond acceptors (Lipinski definition) is 3. The summed E-state index contributed by atoms with van der Waals surface area (Å²) < 4.78 is 25.9. The molecule has 74 valence electrons. The van der Waals surface area contributed by atoms with Crippen LogP contribution in [0, 0.1) is 0 Å². The normalized spacial score (nSPS) is 11.8. The van der Waals surface area contributed by atoms with Gasteiger partial charge in [0.25, 0.3) is 0 Å². The van der Waals surface area contributed by atoms with E-state index in [-0.39, 0.29) is 6.54 Å². The van der Waals surface area contributed by atoms with Gasteiger partial charge in [0.1, 0.15) is 11.0 Å². The van der Waals surface area contributed by atoms with Gasteiger partial charge in [-0.1, -0.05) is 0 Å². The van der Waals surface area contributed by atoms with Gasteiger partial charge in [0.2, 0.25) is 10.0 Å². The topological polar surface area (TPSA) is 64.0 Å². The van der Waals surface area contributed by atoms with Crippen LogP contribution in [0.4, 0.5) is 0 Å². The summed E-state index contributed by atoms with van der Waals surface area (Å²) in [6, 6.07) is 0. The lowest BCUT2D eigenvalue weighted by Crippen LogP contribution is -2.25. The molecule has 5 nitrogen and oxygen atoms in total. The van der Waals surface area contributed by atoms with Crippen molar-refractivity contribution in [1.82, 2.24) is 14.3 Å². The quantitative estimate of drug-likeness (QED) is 0.733. The first kappa shape index (κ1) is 10.5. The van der Waals surface area contributed by atoms with E-state index in [0.717, 1.165) is 0 Å². The number of rotatable bonds is 4. The van der Waals surface area contributed by atoms with E-state index < -0.39 is 15.2 Å². The predicted octanol–water partition coefficient (Wildman–Crippen LogP) is 0.0358. The lowest BCUT2D eigenvalue weighted by Gasteiger charge is -2.03. The van der Waals surface area contributed by atoms with Crippen LogP contribution >= 0.6 is 11.6 Å². The first-order valence-corrected chi connectivity index (χ1v) is 5.73. The van der Waals surface area contributed by atoms with Crippen molar-refractivity contribution in [2.75, 3.05) is 5.21 Å². The Kier molecular flexibility index (Phi) is 3.29. The number of aryl methyl sites for hydroxylation is 1. The number of sulfonamides is 1. The fourth-order valence-electron chi connectivity index (χ4n) is 0.780. The molecule has 0 unspecified atom stereocenters. The van der Waals surface area contributed by atoms with Crippen molar-refractivity contribution in [3.05, 3.63) is 18.2 Å². The molecule has 0 aromatic carbocycles. The van der Waals surface area contributed by atoms with E-state index in [1.807, 2.05) is 0 Å². The van der Waals surface area contributed by atoms with Crippen molar-refractivity contribution in [1.29, 1.82) is 0 Å². The highest BCUT2D eigenvalue weighted by molar-refractivity contribution is 7.90. The predicted molar refractivity (Wildman–Crippen MR) is 49.7 cm³/mol. The van der Waals surface area contributed by atoms with Crippen LogP contribution in [-0.4, -0.2) is 23.2 Å². The summed E-state index contributed by atoms with van der Waals surface area (Å²) in [6.45, 7) is 0.165. The molecule has 0 saturated heterocycles. The molecule has 1 rings (SSSR count). The molecule has 1 N–H and O–H groups in total. The van der Waals surface area contributed by atoms with Crippen LogP contribution in [0.1, 0.15) is 5.82 Å². The maximum absolute atomic E-state index is 10.9. The van der Waals surface area contributed by atoms with Crippen LogP contribution in [0.2, 0.25) is 0 Å². The van der Waals surface area contributed by atoms with Crippen LogP contribution in [0.15, 0.2) is 12.4 Å². The summed E-state index contributed by atoms with van der Waals surface area (Å²) in [7, 11) is -1.56. The third-order valence-corrected chi connectivity index (χ3v) is 3.25. The Bertz CT molecular complexity index is 373. The van der Waals surface area contributed by atoms with Crippen LogP contribution in [0.3, 0.4) is 0 Å². The Hall–Kier alpha value is -0.590. The number of nitrogens with one attached hydrogen (secondary N) is 1. The average molecular weight is 224 g/mol. The molecule has 0 fully saturated rings. The SMILES string of the molecule is Cn1ccnc1CNS(=O)(=O)CCl. The van der Waals surface area contributed by atoms with Crippen LogP contribution in [-0.2, 0) is 23.6 Å². The van der Waals surface area contributed by atoms with E-state index in [0.29, 0.717) is 5.82 Å². The molecule has 0 aliphatic rings. The van der Waals surface area contributed by atoms with E-state index in [9.17, 15) is 8.42 Å². The van der Waals surface area contributed by atoms with Gasteiger partial charge in [-0.15, -0.1) is 11.6 Å². The van der Waals surface area contributed by atoms with E-state index in [1.165, 1.54) is 0 Å². The molecule has 0 amide bonds. The zero-order chi connectivity index (χ0) is 9.90. The summed E-state index contributed by atoms with van der Waals surface area (Å²) in [5, 5.41) is -0.433. The Labute approximate surface area is 81.8 Å². The zero-order valence-electron chi connectivity index (χ0n) is 7.07. The van der Waals surface area contributed by atoms with Crippen molar-refractivity contribution in [2.24, 2.45) is 7.05 Å². The van der Waals surface area contributed by atoms with Gasteiger partial charge < -0.3 is 4.57 Å². The third-order valence-electron chi connectivity index (χ3n) is 1.51. The molecule has 0 radical (unpaired) electrons. The second-order valence-electron chi connectivity index (χ2n) is 2.50. The van der Waals surface area contributed by atoms with Gasteiger partial charge in [0, 0.05) is 19.4 Å². The molecule has 7 heteroatoms. The second-order valence-corrected chi connectivity index (χ2v) is 4.89. The first-order chi connectivity index (χ1) is 6.05. The van der Waals surface area contributed by atoms with Crippen LogP contribution < -0.4 is 4.72 Å². The van der Waals surface area contributed by atoms with Crippen molar-refractivity contribution in [3.63, 3.8) is 0 Å². The standard InChI is InChI=1S/C6H10ClN3O2S/c1-10-3-2-8-6(10)4-9-13(11,12)5-7/h2-3,9H,4-5H2,1H3. The minimum atomic E-state index is -3.35. The van der Waals surface area contributed by atoms with Gasteiger partial charge in [-0.05, 0) is 0 Å². The molecule has 13 heavy (non-hydrogen) atoms. The molecule has 0 bridgehead atoms. The highest BCUT2D eigenvalue weighted by Gasteiger charge is 2.08. The van der Waals surface area contributed by atoms with E-state index >= 15 is 0 Å². The number of aromatic nitrogens is 2. The van der Waals surface area contributed by atoms with Crippen molar-refractivity contribution < 1.29 is 8.42 Å². The van der Waals surface area contributed by atoms with Gasteiger partial charge in [-0.2, -0.15) is 0 Å². The fraction of sp³-hybridized carbons (Fsp3) is 0.500. The third kappa shape index (κ3) is 2.98. The molecule has 0 aliphatic carbocycles. The van der Waals surface area contributed by atoms with E-state index in [1.54, 1.807) is 24.0 Å². The van der Waals surface area contributed by atoms with Crippen molar-refractivity contribution in [2.45, 2.75) is 6.54 Å². The van der Waals surface area contributed by atoms with Crippen LogP contribution in [0.25, 0.3) is 0 Å². The molecule has 0 aliphatic heterocycles. The number of alkyl halides is 1. The van der Waals surface area contributed by atoms with Gasteiger partial charge in [0.05, 0.1) is 6.54 Å². The Morgan fingerprint density at radius 3 is 2.85 bits per heavy atom. The monoisotopic (exact) mass is 223 g/mol. The van der Waals surface area contributed by atoms with Crippen molar-refractivity contribution in [3.8, 4) is 0 Å². The average Bonchev–Trinajstić information content (AvgIpc) is 2.48. The molecule has 1 heterocycles. The molecular weight excluding hydrogens is 214 g/mol. The summed E-state index contributed by atoms with van der Waals surface area (Å²) in [6.07, 6.45) is 3.34. The van der Waals surface area contributed by atoms with Gasteiger partial charge in [0.15, 0.2) is 0 Å². The minimum Gasteiger partial charge on any atom is -0.337 e. The lowest BCUT2D eigenvalue weighted by atomic mass is 10.6. The minimum absolute atomic E-state index is 0.165. The smallest absolute Gasteiger partial charge is 0.226 e. The highest BCUT2D eigenvalue weighted by atomic mass is 35.5. The molecule has 0 spiro atoms. The zero-order valence-corrected chi connectivity index (χ0v) is 8.64. The Balaban J connectivity index is 2.58. The van der Waals surface area contributed by atoms with Gasteiger partial charge in [-0.3, -0.25) is 0 Å². The van der Waals surface area contributed by atoms with Crippen LogP contribution in [0.5, 0.6) is 0 Å². The molecular formula is C6H10ClN3O2S. The Morgan fingerprint density at radius 2 is 2.38 bits per heavy atom. The first-order valence-electron chi connectivity index (χ1n) is 3.54. The maximum atomic E-state index is 10.9. The number of imidazole rings is 1. The lowest BCUT2D eigenvalue weighted by molar-refractivity contribution is 0.582. The number of halogens is 1. The molecule has 1 aromatic rings. The number of hydrogen-bond donors (Lipinski definition) is 1. The second kappa shape index (κ2) is 4.08. The summed E-state index contributed by atoms with van der Waals surface area (Å²) >= 11 is 5.20. The summed E-state index contributed by atoms with van der Waals surface area (Å²) in [4.78, 5) is 3.95. The van der Waals surface area contributed by atoms with E-state index in [2.05, 4.69) is 9.71 Å². The summed E-state index contributed by atoms with van der Waals surface area (Å²) in [5.41, 5.74) is 0. The van der Waals surface area contributed by atoms with Gasteiger partial charge in [-0.25, -0.2) is 18.1 Å².